The van der Waals surface area contributed by atoms with E-state index in [0.717, 1.165) is 0 Å². The number of benzene rings is 1. The number of nitrogens with zero attached hydrogens (tertiary/aromatic N) is 1. The Balaban J connectivity index is 2.01. The summed E-state index contributed by atoms with van der Waals surface area (Å²) in [6.07, 6.45) is -0.0530. The van der Waals surface area contributed by atoms with Gasteiger partial charge < -0.3 is 31.9 Å². The number of carbonyl (C=O) groups is 3. The minimum Gasteiger partial charge on any atom is -0.508 e. The number of hydrogen-bond acceptors (Lipinski definition) is 9. The van der Waals surface area contributed by atoms with Crippen molar-refractivity contribution in [3.63, 3.8) is 0 Å². The smallest absolute Gasteiger partial charge is 0.255 e. The molecule has 1 saturated carbocycles. The highest BCUT2D eigenvalue weighted by Crippen LogP contribution is 2.54. The molecule has 1 aromatic carbocycles. The number of fused-ring (bicyclic) bond motifs is 3. The van der Waals surface area contributed by atoms with Crippen molar-refractivity contribution in [2.45, 2.75) is 24.1 Å². The number of primary amides is 1. The Morgan fingerprint density at radius 3 is 2.42 bits per heavy atom. The predicted octanol–water partition coefficient (Wildman–Crippen LogP) is -0.579. The molecule has 1 amide bonds. The molecule has 0 spiro atoms. The summed E-state index contributed by atoms with van der Waals surface area (Å²) in [4.78, 5) is 39.9. The van der Waals surface area contributed by atoms with Crippen molar-refractivity contribution in [3.05, 3.63) is 46.2 Å². The maximum Gasteiger partial charge on any atom is 0.255 e. The molecule has 0 heterocycles. The van der Waals surface area contributed by atoms with Crippen LogP contribution in [0.4, 0.5) is 0 Å². The topological polar surface area (TPSA) is 187 Å². The number of phenols is 1. The summed E-state index contributed by atoms with van der Waals surface area (Å²) in [5.41, 5.74) is 8.23. The lowest BCUT2D eigenvalue weighted by Crippen LogP contribution is -2.66. The van der Waals surface area contributed by atoms with E-state index in [4.69, 9.17) is 11.5 Å². The van der Waals surface area contributed by atoms with E-state index < -0.39 is 64.1 Å². The number of aromatic hydroxyl groups is 1. The Morgan fingerprint density at radius 2 is 1.84 bits per heavy atom. The average molecular weight is 429 g/mol. The fraction of sp³-hybridized carbons (Fsp3) is 0.381. The number of hydrogen-bond donors (Lipinski definition) is 6. The first-order valence-corrected chi connectivity index (χ1v) is 9.66. The first-order chi connectivity index (χ1) is 14.4. The van der Waals surface area contributed by atoms with Gasteiger partial charge in [0.1, 0.15) is 22.8 Å². The van der Waals surface area contributed by atoms with Gasteiger partial charge in [0.15, 0.2) is 11.4 Å². The Bertz CT molecular complexity index is 1110. The molecule has 0 radical (unpaired) electrons. The number of likely N-dealkylation sites (N-methyl/N-ethyl adjacent to an activating group) is 1. The fourth-order valence-electron chi connectivity index (χ4n) is 5.27. The van der Waals surface area contributed by atoms with Crippen LogP contribution in [-0.4, -0.2) is 68.5 Å². The van der Waals surface area contributed by atoms with Gasteiger partial charge in [0.2, 0.25) is 5.78 Å². The van der Waals surface area contributed by atoms with E-state index in [0.29, 0.717) is 5.56 Å². The molecular weight excluding hydrogens is 406 g/mol. The second-order valence-electron chi connectivity index (χ2n) is 8.43. The molecule has 31 heavy (non-hydrogen) atoms. The van der Waals surface area contributed by atoms with E-state index in [1.54, 1.807) is 12.1 Å². The minimum atomic E-state index is -2.67. The van der Waals surface area contributed by atoms with Crippen LogP contribution in [-0.2, 0) is 14.4 Å². The van der Waals surface area contributed by atoms with Crippen LogP contribution in [0.2, 0.25) is 0 Å². The molecule has 164 valence electrons. The summed E-state index contributed by atoms with van der Waals surface area (Å²) in [6.45, 7) is 0. The fourth-order valence-corrected chi connectivity index (χ4v) is 5.27. The molecule has 4 rings (SSSR count). The van der Waals surface area contributed by atoms with E-state index in [9.17, 15) is 34.8 Å². The van der Waals surface area contributed by atoms with Crippen LogP contribution in [0.3, 0.4) is 0 Å². The normalized spacial score (nSPS) is 32.7. The summed E-state index contributed by atoms with van der Waals surface area (Å²) < 4.78 is 0. The molecule has 0 aliphatic heterocycles. The van der Waals surface area contributed by atoms with Gasteiger partial charge >= 0.3 is 0 Å². The zero-order valence-electron chi connectivity index (χ0n) is 16.9. The highest BCUT2D eigenvalue weighted by Gasteiger charge is 2.64. The molecule has 3 aliphatic carbocycles. The number of amides is 1. The van der Waals surface area contributed by atoms with Crippen LogP contribution in [0.5, 0.6) is 5.75 Å². The Hall–Kier alpha value is -3.21. The van der Waals surface area contributed by atoms with Gasteiger partial charge in [-0.05, 0) is 32.1 Å². The van der Waals surface area contributed by atoms with Crippen LogP contribution in [0.15, 0.2) is 35.1 Å². The number of phenolic OH excluding ortho intramolecular Hbond substituents is 1. The summed E-state index contributed by atoms with van der Waals surface area (Å²) in [6, 6.07) is 2.50. The number of ketones is 2. The number of Topliss-reactive ketones (excluding diaryl/α,β-unsaturated/α-hetero) is 2. The maximum atomic E-state index is 13.6. The zero-order valence-corrected chi connectivity index (χ0v) is 16.9. The standard InChI is InChI=1S/C21H23N3O7/c1-24(2)15-9-6-8-12(16(26)11-7(14(8)22)4-3-5-10(11)25)18(28)21(9,31)19(29)13(17(15)27)20(23)30/h3-5,8-9,14-15,25-26,29,31H,6,22H2,1-2H3,(H2,23,30)/t8-,9-,14-,15-,21-/m0/s1. The lowest BCUT2D eigenvalue weighted by molar-refractivity contribution is -0.154. The molecule has 5 atom stereocenters. The average Bonchev–Trinajstić information content (AvgIpc) is 2.68. The summed E-state index contributed by atoms with van der Waals surface area (Å²) >= 11 is 0. The third-order valence-corrected chi connectivity index (χ3v) is 6.66. The Morgan fingerprint density at radius 1 is 1.19 bits per heavy atom. The van der Waals surface area contributed by atoms with Crippen LogP contribution >= 0.6 is 0 Å². The number of carbonyl (C=O) groups excluding carboxylic acids is 3. The number of rotatable bonds is 2. The van der Waals surface area contributed by atoms with Crippen molar-refractivity contribution in [3.8, 4) is 5.75 Å². The van der Waals surface area contributed by atoms with Crippen molar-refractivity contribution in [2.24, 2.45) is 23.3 Å². The summed E-state index contributed by atoms with van der Waals surface area (Å²) in [7, 11) is 3.07. The molecule has 0 bridgehead atoms. The highest BCUT2D eigenvalue weighted by atomic mass is 16.3. The maximum absolute atomic E-state index is 13.6. The van der Waals surface area contributed by atoms with Gasteiger partial charge in [-0.3, -0.25) is 19.3 Å². The lowest BCUT2D eigenvalue weighted by atomic mass is 9.56. The number of nitrogens with two attached hydrogens (primary N) is 2. The van der Waals surface area contributed by atoms with Crippen molar-refractivity contribution in [1.29, 1.82) is 0 Å². The number of aliphatic hydroxyl groups excluding tert-OH is 2. The van der Waals surface area contributed by atoms with Crippen LogP contribution < -0.4 is 11.5 Å². The molecule has 10 heteroatoms. The Kier molecular flexibility index (Phi) is 4.51. The van der Waals surface area contributed by atoms with E-state index in [-0.39, 0.29) is 23.3 Å². The largest absolute Gasteiger partial charge is 0.508 e. The lowest BCUT2D eigenvalue weighted by Gasteiger charge is -2.51. The van der Waals surface area contributed by atoms with Crippen molar-refractivity contribution in [1.82, 2.24) is 4.90 Å². The van der Waals surface area contributed by atoms with Crippen molar-refractivity contribution < 1.29 is 34.8 Å². The van der Waals surface area contributed by atoms with Gasteiger partial charge in [0.05, 0.1) is 11.6 Å². The minimum absolute atomic E-state index is 0.0358. The first kappa shape index (κ1) is 21.0. The second-order valence-corrected chi connectivity index (χ2v) is 8.43. The SMILES string of the molecule is CN(C)[C@@H]1C(=O)C(C(N)=O)=C(O)[C@@]2(O)C(=O)C3=C(O)c4c(O)cccc4[C@H](N)[C@H]3C[C@@H]12. The van der Waals surface area contributed by atoms with Crippen LogP contribution in [0.1, 0.15) is 23.6 Å². The van der Waals surface area contributed by atoms with Gasteiger partial charge in [-0.15, -0.1) is 0 Å². The van der Waals surface area contributed by atoms with Crippen LogP contribution in [0.25, 0.3) is 5.76 Å². The van der Waals surface area contributed by atoms with E-state index in [2.05, 4.69) is 0 Å². The number of aliphatic hydroxyl groups is 3. The first-order valence-electron chi connectivity index (χ1n) is 9.66. The molecule has 1 fully saturated rings. The van der Waals surface area contributed by atoms with Crippen molar-refractivity contribution in [2.75, 3.05) is 14.1 Å². The van der Waals surface area contributed by atoms with E-state index in [1.807, 2.05) is 0 Å². The molecule has 3 aliphatic rings. The molecule has 8 N–H and O–H groups in total. The summed E-state index contributed by atoms with van der Waals surface area (Å²) in [5.74, 6) is -7.14. The van der Waals surface area contributed by atoms with Gasteiger partial charge in [-0.2, -0.15) is 0 Å². The quantitative estimate of drug-likeness (QED) is 0.334. The van der Waals surface area contributed by atoms with Gasteiger partial charge in [0.25, 0.3) is 5.91 Å². The van der Waals surface area contributed by atoms with Gasteiger partial charge in [-0.25, -0.2) is 0 Å². The van der Waals surface area contributed by atoms with Crippen molar-refractivity contribution >= 4 is 23.2 Å². The molecule has 0 saturated heterocycles. The zero-order chi connectivity index (χ0) is 23.0. The third-order valence-electron chi connectivity index (χ3n) is 6.66. The van der Waals surface area contributed by atoms with Crippen LogP contribution in [0, 0.1) is 11.8 Å². The van der Waals surface area contributed by atoms with E-state index in [1.165, 1.54) is 25.1 Å². The molecule has 0 aromatic heterocycles. The van der Waals surface area contributed by atoms with Gasteiger partial charge in [0, 0.05) is 23.5 Å². The van der Waals surface area contributed by atoms with E-state index >= 15 is 0 Å². The molecule has 10 nitrogen and oxygen atoms in total. The monoisotopic (exact) mass is 429 g/mol. The second kappa shape index (κ2) is 6.64. The highest BCUT2D eigenvalue weighted by molar-refractivity contribution is 6.24. The summed E-state index contributed by atoms with van der Waals surface area (Å²) in [5, 5.41) is 43.3. The molecule has 0 unspecified atom stereocenters. The molecule has 1 aromatic rings. The predicted molar refractivity (Wildman–Crippen MR) is 107 cm³/mol. The van der Waals surface area contributed by atoms with Gasteiger partial charge in [-0.1, -0.05) is 12.1 Å². The third kappa shape index (κ3) is 2.52. The Labute approximate surface area is 177 Å². The molecular formula is C21H23N3O7.